The van der Waals surface area contributed by atoms with Gasteiger partial charge in [-0.15, -0.1) is 0 Å². The van der Waals surface area contributed by atoms with Crippen molar-refractivity contribution in [1.29, 1.82) is 0 Å². The lowest BCUT2D eigenvalue weighted by molar-refractivity contribution is 0.755. The molecule has 0 fully saturated rings. The minimum absolute atomic E-state index is 0.759. The van der Waals surface area contributed by atoms with Crippen molar-refractivity contribution >= 4 is 27.6 Å². The van der Waals surface area contributed by atoms with Gasteiger partial charge in [-0.1, -0.05) is 6.07 Å². The van der Waals surface area contributed by atoms with E-state index in [1.807, 2.05) is 47.2 Å². The molecule has 0 aliphatic carbocycles. The first-order valence-electron chi connectivity index (χ1n) is 8.29. The molecule has 6 heteroatoms. The van der Waals surface area contributed by atoms with Crippen molar-refractivity contribution < 1.29 is 0 Å². The molecule has 0 N–H and O–H groups in total. The molecule has 0 bridgehead atoms. The zero-order valence-electron chi connectivity index (χ0n) is 13.8. The van der Waals surface area contributed by atoms with Crippen LogP contribution >= 0.6 is 0 Å². The number of fused-ring (bicyclic) bond motifs is 4. The minimum atomic E-state index is 0.759. The van der Waals surface area contributed by atoms with E-state index < -0.39 is 0 Å². The fraction of sp³-hybridized carbons (Fsp3) is 0.158. The number of aromatic nitrogens is 6. The number of aryl methyl sites for hydroxylation is 3. The number of rotatable bonds is 3. The molecule has 0 spiro atoms. The van der Waals surface area contributed by atoms with Crippen molar-refractivity contribution in [2.24, 2.45) is 7.05 Å². The second-order valence-electron chi connectivity index (χ2n) is 6.12. The predicted molar refractivity (Wildman–Crippen MR) is 96.4 cm³/mol. The zero-order valence-corrected chi connectivity index (χ0v) is 13.8. The summed E-state index contributed by atoms with van der Waals surface area (Å²) in [7, 11) is 2.06. The van der Waals surface area contributed by atoms with Crippen molar-refractivity contribution in [1.82, 2.24) is 29.1 Å². The van der Waals surface area contributed by atoms with Gasteiger partial charge in [-0.3, -0.25) is 4.98 Å². The van der Waals surface area contributed by atoms with Gasteiger partial charge < -0.3 is 4.57 Å². The van der Waals surface area contributed by atoms with Crippen LogP contribution < -0.4 is 0 Å². The maximum atomic E-state index is 4.87. The molecule has 4 aromatic heterocycles. The van der Waals surface area contributed by atoms with Gasteiger partial charge in [0.1, 0.15) is 5.82 Å². The first-order valence-corrected chi connectivity index (χ1v) is 8.29. The highest BCUT2D eigenvalue weighted by Gasteiger charge is 2.12. The van der Waals surface area contributed by atoms with Gasteiger partial charge in [0.2, 0.25) is 0 Å². The summed E-state index contributed by atoms with van der Waals surface area (Å²) in [6.45, 7) is 0. The Hall–Kier alpha value is -3.28. The Morgan fingerprint density at radius 1 is 0.960 bits per heavy atom. The highest BCUT2D eigenvalue weighted by Crippen LogP contribution is 2.24. The third-order valence-corrected chi connectivity index (χ3v) is 4.58. The van der Waals surface area contributed by atoms with E-state index >= 15 is 0 Å². The van der Waals surface area contributed by atoms with Crippen LogP contribution in [0.25, 0.3) is 27.6 Å². The lowest BCUT2D eigenvalue weighted by Gasteiger charge is -2.01. The summed E-state index contributed by atoms with van der Waals surface area (Å²) < 4.78 is 3.96. The monoisotopic (exact) mass is 328 g/mol. The van der Waals surface area contributed by atoms with E-state index in [4.69, 9.17) is 4.98 Å². The summed E-state index contributed by atoms with van der Waals surface area (Å²) in [6.07, 6.45) is 5.28. The van der Waals surface area contributed by atoms with Crippen molar-refractivity contribution in [3.8, 4) is 0 Å². The molecule has 4 heterocycles. The van der Waals surface area contributed by atoms with E-state index in [1.54, 1.807) is 0 Å². The lowest BCUT2D eigenvalue weighted by atomic mass is 10.2. The molecule has 0 aliphatic rings. The number of hydrogen-bond acceptors (Lipinski definition) is 4. The number of nitrogens with zero attached hydrogens (tertiary/aromatic N) is 6. The van der Waals surface area contributed by atoms with Gasteiger partial charge in [0, 0.05) is 37.7 Å². The lowest BCUT2D eigenvalue weighted by Crippen LogP contribution is -2.01. The van der Waals surface area contributed by atoms with Crippen molar-refractivity contribution in [3.05, 3.63) is 66.5 Å². The molecule has 0 saturated carbocycles. The van der Waals surface area contributed by atoms with Gasteiger partial charge in [-0.2, -0.15) is 5.10 Å². The maximum Gasteiger partial charge on any atom is 0.155 e. The van der Waals surface area contributed by atoms with Gasteiger partial charge in [0.25, 0.3) is 0 Å². The second kappa shape index (κ2) is 5.37. The van der Waals surface area contributed by atoms with E-state index in [-0.39, 0.29) is 0 Å². The van der Waals surface area contributed by atoms with Gasteiger partial charge >= 0.3 is 0 Å². The van der Waals surface area contributed by atoms with Crippen molar-refractivity contribution in [2.75, 3.05) is 0 Å². The van der Waals surface area contributed by atoms with E-state index in [1.165, 1.54) is 0 Å². The molecule has 0 atom stereocenters. The van der Waals surface area contributed by atoms with Gasteiger partial charge in [0.05, 0.1) is 16.6 Å². The van der Waals surface area contributed by atoms with Gasteiger partial charge in [-0.05, 0) is 36.4 Å². The van der Waals surface area contributed by atoms with Gasteiger partial charge in [-0.25, -0.2) is 14.5 Å². The number of benzene rings is 1. The molecule has 5 rings (SSSR count). The van der Waals surface area contributed by atoms with Crippen molar-refractivity contribution in [3.63, 3.8) is 0 Å². The molecule has 1 aromatic carbocycles. The van der Waals surface area contributed by atoms with Crippen LogP contribution in [-0.4, -0.2) is 29.1 Å². The molecule has 25 heavy (non-hydrogen) atoms. The molecular weight excluding hydrogens is 312 g/mol. The number of pyridine rings is 2. The van der Waals surface area contributed by atoms with Crippen LogP contribution in [0, 0.1) is 0 Å². The molecule has 0 unspecified atom stereocenters. The fourth-order valence-electron chi connectivity index (χ4n) is 3.29. The van der Waals surface area contributed by atoms with Gasteiger partial charge in [0.15, 0.2) is 11.5 Å². The molecule has 122 valence electrons. The Kier molecular flexibility index (Phi) is 3.03. The molecule has 5 aromatic rings. The Morgan fingerprint density at radius 3 is 2.84 bits per heavy atom. The first-order chi connectivity index (χ1) is 12.3. The molecule has 0 saturated heterocycles. The summed E-state index contributed by atoms with van der Waals surface area (Å²) in [5.74, 6) is 1.87. The fourth-order valence-corrected chi connectivity index (χ4v) is 3.29. The second-order valence-corrected chi connectivity index (χ2v) is 6.12. The first kappa shape index (κ1) is 14.1. The van der Waals surface area contributed by atoms with E-state index in [0.717, 1.165) is 52.1 Å². The Bertz CT molecular complexity index is 1180. The van der Waals surface area contributed by atoms with Crippen LogP contribution in [0.4, 0.5) is 0 Å². The van der Waals surface area contributed by atoms with Crippen LogP contribution in [0.2, 0.25) is 0 Å². The topological polar surface area (TPSA) is 60.9 Å². The average molecular weight is 328 g/mol. The largest absolute Gasteiger partial charge is 0.331 e. The van der Waals surface area contributed by atoms with E-state index in [9.17, 15) is 0 Å². The quantitative estimate of drug-likeness (QED) is 0.511. The highest BCUT2D eigenvalue weighted by atomic mass is 15.3. The Labute approximate surface area is 143 Å². The van der Waals surface area contributed by atoms with E-state index in [2.05, 4.69) is 38.8 Å². The van der Waals surface area contributed by atoms with Crippen LogP contribution in [0.1, 0.15) is 11.6 Å². The molecule has 0 amide bonds. The minimum Gasteiger partial charge on any atom is -0.331 e. The highest BCUT2D eigenvalue weighted by molar-refractivity contribution is 6.02. The third kappa shape index (κ3) is 2.26. The Balaban J connectivity index is 1.52. The number of hydrogen-bond donors (Lipinski definition) is 0. The SMILES string of the molecule is Cn1c(CCc2nc3ccccn3n2)nc2c3cccnc3ccc21. The van der Waals surface area contributed by atoms with Crippen LogP contribution in [-0.2, 0) is 19.9 Å². The molecule has 0 radical (unpaired) electrons. The smallest absolute Gasteiger partial charge is 0.155 e. The average Bonchev–Trinajstić information content (AvgIpc) is 3.21. The molecular formula is C19H16N6. The summed E-state index contributed by atoms with van der Waals surface area (Å²) in [4.78, 5) is 13.9. The summed E-state index contributed by atoms with van der Waals surface area (Å²) in [6, 6.07) is 14.1. The normalized spacial score (nSPS) is 11.7. The van der Waals surface area contributed by atoms with Crippen LogP contribution in [0.15, 0.2) is 54.9 Å². The molecule has 0 aliphatic heterocycles. The zero-order chi connectivity index (χ0) is 16.8. The Morgan fingerprint density at radius 2 is 1.92 bits per heavy atom. The number of imidazole rings is 1. The predicted octanol–water partition coefficient (Wildman–Crippen LogP) is 2.95. The van der Waals surface area contributed by atoms with E-state index in [0.29, 0.717) is 0 Å². The summed E-state index contributed by atoms with van der Waals surface area (Å²) in [5, 5.41) is 5.61. The van der Waals surface area contributed by atoms with Crippen molar-refractivity contribution in [2.45, 2.75) is 12.8 Å². The summed E-state index contributed by atoms with van der Waals surface area (Å²) >= 11 is 0. The summed E-state index contributed by atoms with van der Waals surface area (Å²) in [5.41, 5.74) is 3.98. The standard InChI is InChI=1S/C19H16N6/c1-24-15-8-7-14-13(5-4-11-20-14)19(15)22-17(24)10-9-16-21-18-6-2-3-12-25(18)23-16/h2-8,11-12H,9-10H2,1H3. The molecule has 6 nitrogen and oxygen atoms in total. The van der Waals surface area contributed by atoms with Crippen LogP contribution in [0.3, 0.4) is 0 Å². The maximum absolute atomic E-state index is 4.87. The third-order valence-electron chi connectivity index (χ3n) is 4.58. The van der Waals surface area contributed by atoms with Crippen LogP contribution in [0.5, 0.6) is 0 Å².